The van der Waals surface area contributed by atoms with E-state index in [9.17, 15) is 14.4 Å². The Morgan fingerprint density at radius 2 is 2.00 bits per heavy atom. The molecule has 2 unspecified atom stereocenters. The van der Waals surface area contributed by atoms with Crippen LogP contribution in [0.4, 0.5) is 0 Å². The van der Waals surface area contributed by atoms with Crippen molar-refractivity contribution in [1.29, 1.82) is 0 Å². The van der Waals surface area contributed by atoms with Crippen molar-refractivity contribution in [3.63, 3.8) is 0 Å². The van der Waals surface area contributed by atoms with E-state index < -0.39 is 0 Å². The average molecular weight is 308 g/mol. The van der Waals surface area contributed by atoms with Gasteiger partial charge in [0, 0.05) is 52.2 Å². The zero-order valence-corrected chi connectivity index (χ0v) is 13.1. The molecule has 0 bridgehead atoms. The molecule has 0 spiro atoms. The summed E-state index contributed by atoms with van der Waals surface area (Å²) in [6.45, 7) is 3.80. The van der Waals surface area contributed by atoms with Crippen LogP contribution < -0.4 is 5.32 Å². The summed E-state index contributed by atoms with van der Waals surface area (Å²) in [6.07, 6.45) is 2.20. The lowest BCUT2D eigenvalue weighted by atomic mass is 10.00. The van der Waals surface area contributed by atoms with Gasteiger partial charge in [-0.2, -0.15) is 0 Å². The Balaban J connectivity index is 1.61. The van der Waals surface area contributed by atoms with Crippen LogP contribution in [-0.4, -0.2) is 84.8 Å². The SMILES string of the molecule is CN1CC(C(=O)N2CCCC(N3CCNCC3=O)C2)CC1=O. The lowest BCUT2D eigenvalue weighted by Crippen LogP contribution is -2.58. The van der Waals surface area contributed by atoms with Gasteiger partial charge in [-0.15, -0.1) is 0 Å². The largest absolute Gasteiger partial charge is 0.345 e. The van der Waals surface area contributed by atoms with Crippen LogP contribution >= 0.6 is 0 Å². The lowest BCUT2D eigenvalue weighted by molar-refractivity contribution is -0.142. The van der Waals surface area contributed by atoms with Crippen LogP contribution in [-0.2, 0) is 14.4 Å². The second-order valence-corrected chi connectivity index (χ2v) is 6.52. The number of nitrogens with zero attached hydrogens (tertiary/aromatic N) is 3. The van der Waals surface area contributed by atoms with Crippen molar-refractivity contribution in [1.82, 2.24) is 20.0 Å². The van der Waals surface area contributed by atoms with E-state index >= 15 is 0 Å². The maximum Gasteiger partial charge on any atom is 0.236 e. The summed E-state index contributed by atoms with van der Waals surface area (Å²) in [5.41, 5.74) is 0. The maximum absolute atomic E-state index is 12.6. The van der Waals surface area contributed by atoms with Crippen molar-refractivity contribution in [2.75, 3.05) is 46.3 Å². The first-order valence-electron chi connectivity index (χ1n) is 8.09. The van der Waals surface area contributed by atoms with Gasteiger partial charge in [-0.25, -0.2) is 0 Å². The van der Waals surface area contributed by atoms with E-state index in [1.54, 1.807) is 11.9 Å². The third-order valence-electron chi connectivity index (χ3n) is 4.97. The fourth-order valence-corrected chi connectivity index (χ4v) is 3.70. The Morgan fingerprint density at radius 3 is 2.68 bits per heavy atom. The molecule has 22 heavy (non-hydrogen) atoms. The highest BCUT2D eigenvalue weighted by Crippen LogP contribution is 2.23. The van der Waals surface area contributed by atoms with Gasteiger partial charge in [0.2, 0.25) is 17.7 Å². The number of carbonyl (C=O) groups is 3. The zero-order valence-electron chi connectivity index (χ0n) is 13.1. The van der Waals surface area contributed by atoms with Crippen LogP contribution in [0.25, 0.3) is 0 Å². The second kappa shape index (κ2) is 6.24. The third-order valence-corrected chi connectivity index (χ3v) is 4.97. The Kier molecular flexibility index (Phi) is 4.33. The minimum Gasteiger partial charge on any atom is -0.345 e. The summed E-state index contributed by atoms with van der Waals surface area (Å²) in [7, 11) is 1.74. The lowest BCUT2D eigenvalue weighted by Gasteiger charge is -2.41. The van der Waals surface area contributed by atoms with Crippen LogP contribution in [0.3, 0.4) is 0 Å². The Labute approximate surface area is 130 Å². The van der Waals surface area contributed by atoms with E-state index in [0.717, 1.165) is 32.5 Å². The molecule has 0 aliphatic carbocycles. The fourth-order valence-electron chi connectivity index (χ4n) is 3.70. The van der Waals surface area contributed by atoms with Gasteiger partial charge in [0.15, 0.2) is 0 Å². The van der Waals surface area contributed by atoms with Gasteiger partial charge in [0.25, 0.3) is 0 Å². The van der Waals surface area contributed by atoms with E-state index in [1.165, 1.54) is 0 Å². The number of likely N-dealkylation sites (tertiary alicyclic amines) is 2. The minimum absolute atomic E-state index is 0.0455. The van der Waals surface area contributed by atoms with Crippen molar-refractivity contribution >= 4 is 17.7 Å². The Morgan fingerprint density at radius 1 is 1.18 bits per heavy atom. The molecule has 0 saturated carbocycles. The Bertz CT molecular complexity index is 481. The van der Waals surface area contributed by atoms with Crippen LogP contribution in [0.15, 0.2) is 0 Å². The number of hydrogen-bond donors (Lipinski definition) is 1. The highest BCUT2D eigenvalue weighted by atomic mass is 16.2. The summed E-state index contributed by atoms with van der Waals surface area (Å²) in [4.78, 5) is 41.7. The molecule has 0 aromatic heterocycles. The van der Waals surface area contributed by atoms with Crippen molar-refractivity contribution in [2.45, 2.75) is 25.3 Å². The molecule has 122 valence electrons. The van der Waals surface area contributed by atoms with Crippen LogP contribution in [0.1, 0.15) is 19.3 Å². The summed E-state index contributed by atoms with van der Waals surface area (Å²) < 4.78 is 0. The topological polar surface area (TPSA) is 73.0 Å². The molecule has 3 amide bonds. The summed E-state index contributed by atoms with van der Waals surface area (Å²) in [5.74, 6) is 0.0328. The van der Waals surface area contributed by atoms with E-state index in [1.807, 2.05) is 9.80 Å². The van der Waals surface area contributed by atoms with Gasteiger partial charge in [0.05, 0.1) is 12.5 Å². The standard InChI is InChI=1S/C15H24N4O3/c1-17-9-11(7-13(17)20)15(22)18-5-2-3-12(10-18)19-6-4-16-8-14(19)21/h11-12,16H,2-10H2,1H3. The van der Waals surface area contributed by atoms with E-state index in [-0.39, 0.29) is 29.7 Å². The summed E-state index contributed by atoms with van der Waals surface area (Å²) in [5, 5.41) is 3.08. The average Bonchev–Trinajstić information content (AvgIpc) is 2.86. The third kappa shape index (κ3) is 2.95. The fraction of sp³-hybridized carbons (Fsp3) is 0.800. The normalized spacial score (nSPS) is 30.1. The zero-order chi connectivity index (χ0) is 15.7. The predicted molar refractivity (Wildman–Crippen MR) is 79.9 cm³/mol. The van der Waals surface area contributed by atoms with Crippen molar-refractivity contribution in [2.24, 2.45) is 5.92 Å². The molecule has 7 heteroatoms. The van der Waals surface area contributed by atoms with Crippen molar-refractivity contribution in [3.8, 4) is 0 Å². The molecule has 0 radical (unpaired) electrons. The number of carbonyl (C=O) groups excluding carboxylic acids is 3. The molecular weight excluding hydrogens is 284 g/mol. The van der Waals surface area contributed by atoms with Gasteiger partial charge in [-0.3, -0.25) is 14.4 Å². The van der Waals surface area contributed by atoms with Crippen LogP contribution in [0, 0.1) is 5.92 Å². The highest BCUT2D eigenvalue weighted by Gasteiger charge is 2.37. The van der Waals surface area contributed by atoms with Crippen LogP contribution in [0.2, 0.25) is 0 Å². The molecule has 0 aromatic carbocycles. The van der Waals surface area contributed by atoms with Gasteiger partial charge >= 0.3 is 0 Å². The number of piperazine rings is 1. The number of rotatable bonds is 2. The van der Waals surface area contributed by atoms with Crippen molar-refractivity contribution in [3.05, 3.63) is 0 Å². The number of hydrogen-bond acceptors (Lipinski definition) is 4. The van der Waals surface area contributed by atoms with Crippen LogP contribution in [0.5, 0.6) is 0 Å². The first-order valence-corrected chi connectivity index (χ1v) is 8.09. The number of amides is 3. The van der Waals surface area contributed by atoms with Gasteiger partial charge < -0.3 is 20.0 Å². The molecule has 7 nitrogen and oxygen atoms in total. The summed E-state index contributed by atoms with van der Waals surface area (Å²) in [6, 6.07) is 0.127. The van der Waals surface area contributed by atoms with Gasteiger partial charge in [-0.1, -0.05) is 0 Å². The first-order chi connectivity index (χ1) is 10.6. The minimum atomic E-state index is -0.213. The molecule has 0 aromatic rings. The summed E-state index contributed by atoms with van der Waals surface area (Å²) >= 11 is 0. The highest BCUT2D eigenvalue weighted by molar-refractivity contribution is 5.89. The van der Waals surface area contributed by atoms with Crippen molar-refractivity contribution < 1.29 is 14.4 Å². The number of nitrogens with one attached hydrogen (secondary N) is 1. The molecule has 3 heterocycles. The van der Waals surface area contributed by atoms with E-state index in [4.69, 9.17) is 0 Å². The van der Waals surface area contributed by atoms with Gasteiger partial charge in [0.1, 0.15) is 0 Å². The van der Waals surface area contributed by atoms with Gasteiger partial charge in [-0.05, 0) is 12.8 Å². The maximum atomic E-state index is 12.6. The molecule has 3 aliphatic rings. The monoisotopic (exact) mass is 308 g/mol. The molecular formula is C15H24N4O3. The quantitative estimate of drug-likeness (QED) is 0.702. The molecule has 1 N–H and O–H groups in total. The van der Waals surface area contributed by atoms with E-state index in [2.05, 4.69) is 5.32 Å². The molecule has 3 aliphatic heterocycles. The smallest absolute Gasteiger partial charge is 0.236 e. The predicted octanol–water partition coefficient (Wildman–Crippen LogP) is -1.11. The molecule has 3 fully saturated rings. The van der Waals surface area contributed by atoms with E-state index in [0.29, 0.717) is 26.1 Å². The first kappa shape index (κ1) is 15.3. The molecule has 3 rings (SSSR count). The molecule has 2 atom stereocenters. The Hall–Kier alpha value is -1.63. The second-order valence-electron chi connectivity index (χ2n) is 6.52. The number of piperidine rings is 1. The molecule has 3 saturated heterocycles.